The maximum absolute atomic E-state index is 5.06. The van der Waals surface area contributed by atoms with Gasteiger partial charge in [0.05, 0.1) is 45.8 Å². The summed E-state index contributed by atoms with van der Waals surface area (Å²) in [5.74, 6) is 0. The number of aromatic nitrogens is 4. The van der Waals surface area contributed by atoms with Crippen molar-refractivity contribution in [3.05, 3.63) is 219 Å². The van der Waals surface area contributed by atoms with Gasteiger partial charge in [-0.1, -0.05) is 194 Å². The van der Waals surface area contributed by atoms with E-state index in [1.165, 1.54) is 43.8 Å². The Bertz CT molecular complexity index is 3300. The van der Waals surface area contributed by atoms with E-state index in [1.54, 1.807) is 0 Å². The van der Waals surface area contributed by atoms with E-state index in [-0.39, 0.29) is 0 Å². The molecule has 0 unspecified atom stereocenters. The minimum Gasteiger partial charge on any atom is -0.252 e. The molecule has 0 aliphatic rings. The fourth-order valence-electron chi connectivity index (χ4n) is 8.46. The van der Waals surface area contributed by atoms with Crippen LogP contribution in [0.25, 0.3) is 110 Å². The highest BCUT2D eigenvalue weighted by atomic mass is 14.8. The number of nitrogens with zero attached hydrogens (tertiary/aromatic N) is 4. The van der Waals surface area contributed by atoms with Crippen LogP contribution in [0.1, 0.15) is 0 Å². The van der Waals surface area contributed by atoms with E-state index in [2.05, 4.69) is 158 Å². The summed E-state index contributed by atoms with van der Waals surface area (Å²) < 4.78 is 0. The second-order valence-electron chi connectivity index (χ2n) is 15.0. The van der Waals surface area contributed by atoms with Gasteiger partial charge in [-0.15, -0.1) is 0 Å². The fourth-order valence-corrected chi connectivity index (χ4v) is 8.46. The van der Waals surface area contributed by atoms with E-state index >= 15 is 0 Å². The maximum Gasteiger partial charge on any atom is 0.0979 e. The molecule has 0 saturated heterocycles. The van der Waals surface area contributed by atoms with Crippen molar-refractivity contribution in [3.8, 4) is 44.8 Å². The van der Waals surface area contributed by atoms with E-state index < -0.39 is 0 Å². The monoisotopic (exact) mass is 764 g/mol. The van der Waals surface area contributed by atoms with Crippen LogP contribution < -0.4 is 0 Å². The number of benzene rings is 10. The predicted octanol–water partition coefficient (Wildman–Crippen LogP) is 14.5. The summed E-state index contributed by atoms with van der Waals surface area (Å²) in [6.45, 7) is 0. The Morgan fingerprint density at radius 2 is 0.533 bits per heavy atom. The Hall–Kier alpha value is -8.08. The van der Waals surface area contributed by atoms with Crippen molar-refractivity contribution in [3.63, 3.8) is 0 Å². The summed E-state index contributed by atoms with van der Waals surface area (Å²) in [6.07, 6.45) is 3.77. The predicted molar refractivity (Wildman–Crippen MR) is 251 cm³/mol. The quantitative estimate of drug-likeness (QED) is 0.168. The molecule has 4 nitrogen and oxygen atoms in total. The van der Waals surface area contributed by atoms with Gasteiger partial charge in [0.2, 0.25) is 0 Å². The fraction of sp³-hybridized carbons (Fsp3) is 0. The van der Waals surface area contributed by atoms with Crippen LogP contribution >= 0.6 is 0 Å². The van der Waals surface area contributed by atoms with Crippen molar-refractivity contribution in [2.75, 3.05) is 0 Å². The van der Waals surface area contributed by atoms with Crippen LogP contribution in [0.15, 0.2) is 219 Å². The first-order valence-electron chi connectivity index (χ1n) is 20.2. The number of fused-ring (bicyclic) bond motifs is 12. The Balaban J connectivity index is 0.000000136. The van der Waals surface area contributed by atoms with Gasteiger partial charge in [0.15, 0.2) is 0 Å². The zero-order chi connectivity index (χ0) is 39.8. The van der Waals surface area contributed by atoms with E-state index in [0.717, 1.165) is 66.1 Å². The van der Waals surface area contributed by atoms with Gasteiger partial charge >= 0.3 is 0 Å². The molecule has 2 heterocycles. The lowest BCUT2D eigenvalue weighted by atomic mass is 9.95. The summed E-state index contributed by atoms with van der Waals surface area (Å²) in [4.78, 5) is 19.8. The average molecular weight is 765 g/mol. The molecule has 10 aromatic carbocycles. The molecule has 0 aliphatic heterocycles. The molecule has 0 bridgehead atoms. The highest BCUT2D eigenvalue weighted by Crippen LogP contribution is 2.38. The molecule has 0 amide bonds. The molecule has 280 valence electrons. The zero-order valence-corrected chi connectivity index (χ0v) is 32.6. The highest BCUT2D eigenvalue weighted by Gasteiger charge is 2.15. The normalized spacial score (nSPS) is 11.3. The van der Waals surface area contributed by atoms with Crippen LogP contribution in [0.2, 0.25) is 0 Å². The van der Waals surface area contributed by atoms with Crippen molar-refractivity contribution in [2.24, 2.45) is 0 Å². The molecular weight excluding hydrogens is 729 g/mol. The first kappa shape index (κ1) is 35.1. The van der Waals surface area contributed by atoms with Crippen LogP contribution in [0.5, 0.6) is 0 Å². The van der Waals surface area contributed by atoms with Crippen LogP contribution in [-0.4, -0.2) is 19.9 Å². The largest absolute Gasteiger partial charge is 0.252 e. The van der Waals surface area contributed by atoms with Gasteiger partial charge in [-0.05, 0) is 55.9 Å². The van der Waals surface area contributed by atoms with Gasteiger partial charge in [0, 0.05) is 32.7 Å². The molecule has 0 fully saturated rings. The van der Waals surface area contributed by atoms with Crippen molar-refractivity contribution < 1.29 is 0 Å². The molecule has 0 N–H and O–H groups in total. The summed E-state index contributed by atoms with van der Waals surface area (Å²) in [6, 6.07) is 71.8. The lowest BCUT2D eigenvalue weighted by Gasteiger charge is -2.12. The Labute approximate surface area is 347 Å². The molecule has 12 aromatic rings. The second kappa shape index (κ2) is 15.0. The third-order valence-electron chi connectivity index (χ3n) is 11.4. The van der Waals surface area contributed by atoms with Crippen LogP contribution in [0.3, 0.4) is 0 Å². The summed E-state index contributed by atoms with van der Waals surface area (Å²) >= 11 is 0. The second-order valence-corrected chi connectivity index (χ2v) is 15.0. The van der Waals surface area contributed by atoms with Gasteiger partial charge in [-0.25, -0.2) is 9.97 Å². The minimum absolute atomic E-state index is 0.895. The van der Waals surface area contributed by atoms with Crippen molar-refractivity contribution in [2.45, 2.75) is 0 Å². The average Bonchev–Trinajstić information content (AvgIpc) is 3.35. The molecule has 0 spiro atoms. The number of rotatable bonds is 4. The minimum atomic E-state index is 0.895. The molecular formula is C56H36N4. The highest BCUT2D eigenvalue weighted by molar-refractivity contribution is 6.25. The third-order valence-corrected chi connectivity index (χ3v) is 11.4. The Morgan fingerprint density at radius 3 is 0.950 bits per heavy atom. The Kier molecular flexibility index (Phi) is 8.79. The standard InChI is InChI=1S/2C28H18N2/c1-3-9-19(10-4-1)21-15-16-24-25(17-21)22-13-7-8-14-23(22)28-27(24)29-18-26(30-28)20-11-5-2-6-12-20;1-3-9-19(10-4-1)21-15-16-24-25(17-21)22-13-7-8-14-23(22)27-28(24)30-26(18-29-27)20-11-5-2-6-12-20/h2*1-18H. The molecule has 12 rings (SSSR count). The van der Waals surface area contributed by atoms with Gasteiger partial charge < -0.3 is 0 Å². The SMILES string of the molecule is c1ccc(-c2ccc3c(c2)c2ccccc2c2nc(-c4ccccc4)cnc32)cc1.c1ccc(-c2ccc3c(c2)c2ccccc2c2ncc(-c4ccccc4)nc32)cc1. The first-order valence-corrected chi connectivity index (χ1v) is 20.2. The van der Waals surface area contributed by atoms with Crippen LogP contribution in [-0.2, 0) is 0 Å². The van der Waals surface area contributed by atoms with Gasteiger partial charge in [0.25, 0.3) is 0 Å². The zero-order valence-electron chi connectivity index (χ0n) is 32.6. The lowest BCUT2D eigenvalue weighted by molar-refractivity contribution is 1.31. The molecule has 0 saturated carbocycles. The van der Waals surface area contributed by atoms with E-state index in [9.17, 15) is 0 Å². The molecule has 4 heteroatoms. The van der Waals surface area contributed by atoms with E-state index in [0.29, 0.717) is 0 Å². The third kappa shape index (κ3) is 6.28. The van der Waals surface area contributed by atoms with Crippen molar-refractivity contribution in [1.29, 1.82) is 0 Å². The maximum atomic E-state index is 5.06. The number of hydrogen-bond donors (Lipinski definition) is 0. The molecule has 0 aliphatic carbocycles. The summed E-state index contributed by atoms with van der Waals surface area (Å²) in [5, 5.41) is 9.37. The summed E-state index contributed by atoms with van der Waals surface area (Å²) in [7, 11) is 0. The number of hydrogen-bond acceptors (Lipinski definition) is 4. The Morgan fingerprint density at radius 1 is 0.217 bits per heavy atom. The van der Waals surface area contributed by atoms with Gasteiger partial charge in [-0.2, -0.15) is 0 Å². The van der Waals surface area contributed by atoms with Gasteiger partial charge in [0.1, 0.15) is 0 Å². The lowest BCUT2D eigenvalue weighted by Crippen LogP contribution is -1.92. The van der Waals surface area contributed by atoms with Crippen molar-refractivity contribution in [1.82, 2.24) is 19.9 Å². The van der Waals surface area contributed by atoms with Crippen LogP contribution in [0, 0.1) is 0 Å². The topological polar surface area (TPSA) is 51.6 Å². The van der Waals surface area contributed by atoms with Crippen molar-refractivity contribution >= 4 is 65.2 Å². The van der Waals surface area contributed by atoms with E-state index in [4.69, 9.17) is 19.9 Å². The first-order chi connectivity index (χ1) is 29.8. The molecule has 0 atom stereocenters. The van der Waals surface area contributed by atoms with Gasteiger partial charge in [-0.3, -0.25) is 9.97 Å². The molecule has 2 aromatic heterocycles. The van der Waals surface area contributed by atoms with E-state index in [1.807, 2.05) is 60.9 Å². The molecule has 60 heavy (non-hydrogen) atoms. The molecule has 0 radical (unpaired) electrons. The van der Waals surface area contributed by atoms with Crippen LogP contribution in [0.4, 0.5) is 0 Å². The smallest absolute Gasteiger partial charge is 0.0979 e. The summed E-state index contributed by atoms with van der Waals surface area (Å²) in [5.41, 5.74) is 12.6.